The van der Waals surface area contributed by atoms with Crippen molar-refractivity contribution in [2.24, 2.45) is 0 Å². The molecular formula is C13H25NO4. The zero-order valence-corrected chi connectivity index (χ0v) is 11.6. The third-order valence-electron chi connectivity index (χ3n) is 2.72. The lowest BCUT2D eigenvalue weighted by molar-refractivity contribution is -0.00670. The average Bonchev–Trinajstić information content (AvgIpc) is 2.49. The minimum absolute atomic E-state index is 0.00664. The van der Waals surface area contributed by atoms with Gasteiger partial charge in [-0.3, -0.25) is 0 Å². The molecule has 0 aliphatic carbocycles. The van der Waals surface area contributed by atoms with Gasteiger partial charge < -0.3 is 19.5 Å². The number of nitrogens with zero attached hydrogens (tertiary/aromatic N) is 1. The molecule has 1 heterocycles. The first-order valence-corrected chi connectivity index (χ1v) is 6.63. The van der Waals surface area contributed by atoms with Gasteiger partial charge in [0.2, 0.25) is 0 Å². The van der Waals surface area contributed by atoms with Crippen LogP contribution in [-0.2, 0) is 9.47 Å². The Morgan fingerprint density at radius 1 is 1.39 bits per heavy atom. The zero-order chi connectivity index (χ0) is 13.6. The molecule has 0 saturated carbocycles. The Bertz CT molecular complexity index is 262. The smallest absolute Gasteiger partial charge is 0.410 e. The minimum Gasteiger partial charge on any atom is -0.444 e. The van der Waals surface area contributed by atoms with Crippen molar-refractivity contribution >= 4 is 6.09 Å². The molecule has 1 saturated heterocycles. The van der Waals surface area contributed by atoms with Crippen LogP contribution >= 0.6 is 0 Å². The molecule has 1 aliphatic rings. The van der Waals surface area contributed by atoms with Crippen LogP contribution in [-0.4, -0.2) is 54.1 Å². The summed E-state index contributed by atoms with van der Waals surface area (Å²) in [5.74, 6) is 0. The van der Waals surface area contributed by atoms with Gasteiger partial charge in [0.05, 0.1) is 25.9 Å². The lowest BCUT2D eigenvalue weighted by atomic mass is 10.2. The van der Waals surface area contributed by atoms with E-state index in [1.165, 1.54) is 0 Å². The Labute approximate surface area is 109 Å². The summed E-state index contributed by atoms with van der Waals surface area (Å²) in [6.45, 7) is 7.20. The molecule has 1 fully saturated rings. The van der Waals surface area contributed by atoms with Gasteiger partial charge in [-0.2, -0.15) is 0 Å². The number of likely N-dealkylation sites (tertiary alicyclic amines) is 1. The third kappa shape index (κ3) is 5.69. The van der Waals surface area contributed by atoms with Crippen molar-refractivity contribution in [1.82, 2.24) is 4.90 Å². The van der Waals surface area contributed by atoms with Crippen molar-refractivity contribution in [3.63, 3.8) is 0 Å². The normalized spacial score (nSPS) is 21.6. The van der Waals surface area contributed by atoms with Gasteiger partial charge in [0.1, 0.15) is 5.60 Å². The molecule has 0 spiro atoms. The number of hydrogen-bond donors (Lipinski definition) is 1. The van der Waals surface area contributed by atoms with Crippen molar-refractivity contribution in [3.05, 3.63) is 0 Å². The molecule has 1 N–H and O–H groups in total. The lowest BCUT2D eigenvalue weighted by Gasteiger charge is -2.28. The number of amides is 1. The van der Waals surface area contributed by atoms with Crippen molar-refractivity contribution in [1.29, 1.82) is 0 Å². The summed E-state index contributed by atoms with van der Waals surface area (Å²) < 4.78 is 10.9. The van der Waals surface area contributed by atoms with Gasteiger partial charge in [-0.05, 0) is 40.0 Å². The molecule has 1 rings (SSSR count). The van der Waals surface area contributed by atoms with Gasteiger partial charge >= 0.3 is 6.09 Å². The van der Waals surface area contributed by atoms with E-state index in [0.717, 1.165) is 19.3 Å². The molecule has 18 heavy (non-hydrogen) atoms. The van der Waals surface area contributed by atoms with Gasteiger partial charge in [-0.1, -0.05) is 0 Å². The first-order chi connectivity index (χ1) is 8.42. The van der Waals surface area contributed by atoms with E-state index in [2.05, 4.69) is 0 Å². The predicted octanol–water partition coefficient (Wildman–Crippen LogP) is 1.78. The van der Waals surface area contributed by atoms with Crippen LogP contribution < -0.4 is 0 Å². The molecule has 5 heteroatoms. The molecule has 0 aromatic rings. The first kappa shape index (κ1) is 15.2. The van der Waals surface area contributed by atoms with Gasteiger partial charge in [-0.15, -0.1) is 0 Å². The van der Waals surface area contributed by atoms with Crippen molar-refractivity contribution < 1.29 is 19.4 Å². The molecule has 0 unspecified atom stereocenters. The SMILES string of the molecule is CC(C)(C)OC(=O)N1CCCC[C@@H](OCCO)C1. The molecular weight excluding hydrogens is 234 g/mol. The summed E-state index contributed by atoms with van der Waals surface area (Å²) in [4.78, 5) is 13.7. The van der Waals surface area contributed by atoms with Gasteiger partial charge in [-0.25, -0.2) is 4.79 Å². The topological polar surface area (TPSA) is 59.0 Å². The number of aliphatic hydroxyl groups excluding tert-OH is 1. The fourth-order valence-corrected chi connectivity index (χ4v) is 1.95. The first-order valence-electron chi connectivity index (χ1n) is 6.63. The minimum atomic E-state index is -0.467. The van der Waals surface area contributed by atoms with Crippen LogP contribution in [0.3, 0.4) is 0 Å². The number of hydrogen-bond acceptors (Lipinski definition) is 4. The zero-order valence-electron chi connectivity index (χ0n) is 11.6. The van der Waals surface area contributed by atoms with Crippen molar-refractivity contribution in [2.45, 2.75) is 51.7 Å². The fourth-order valence-electron chi connectivity index (χ4n) is 1.95. The molecule has 0 aromatic carbocycles. The van der Waals surface area contributed by atoms with Crippen LogP contribution in [0.2, 0.25) is 0 Å². The molecule has 0 bridgehead atoms. The molecule has 1 aliphatic heterocycles. The molecule has 0 radical (unpaired) electrons. The molecule has 0 aromatic heterocycles. The summed E-state index contributed by atoms with van der Waals surface area (Å²) >= 11 is 0. The summed E-state index contributed by atoms with van der Waals surface area (Å²) in [5, 5.41) is 8.76. The Morgan fingerprint density at radius 3 is 2.72 bits per heavy atom. The van der Waals surface area contributed by atoms with E-state index in [1.807, 2.05) is 20.8 Å². The molecule has 106 valence electrons. The van der Waals surface area contributed by atoms with E-state index in [1.54, 1.807) is 4.90 Å². The lowest BCUT2D eigenvalue weighted by Crippen LogP contribution is -2.41. The monoisotopic (exact) mass is 259 g/mol. The Kier molecular flexibility index (Phi) is 5.88. The molecule has 1 atom stereocenters. The number of carbonyl (C=O) groups excluding carboxylic acids is 1. The Hall–Kier alpha value is -0.810. The van der Waals surface area contributed by atoms with Gasteiger partial charge in [0, 0.05) is 6.54 Å². The number of rotatable bonds is 3. The Balaban J connectivity index is 2.50. The van der Waals surface area contributed by atoms with Crippen molar-refractivity contribution in [3.8, 4) is 0 Å². The number of carbonyl (C=O) groups is 1. The van der Waals surface area contributed by atoms with E-state index in [9.17, 15) is 4.79 Å². The maximum atomic E-state index is 12.0. The highest BCUT2D eigenvalue weighted by Gasteiger charge is 2.26. The maximum absolute atomic E-state index is 12.0. The standard InChI is InChI=1S/C13H25NO4/c1-13(2,3)18-12(16)14-7-5-4-6-11(10-14)17-9-8-15/h11,15H,4-10H2,1-3H3/t11-/m1/s1. The quantitative estimate of drug-likeness (QED) is 0.839. The van der Waals surface area contributed by atoms with E-state index in [-0.39, 0.29) is 18.8 Å². The van der Waals surface area contributed by atoms with Crippen LogP contribution in [0, 0.1) is 0 Å². The van der Waals surface area contributed by atoms with Crippen LogP contribution in [0.15, 0.2) is 0 Å². The van der Waals surface area contributed by atoms with Crippen LogP contribution in [0.1, 0.15) is 40.0 Å². The molecule has 5 nitrogen and oxygen atoms in total. The van der Waals surface area contributed by atoms with Crippen LogP contribution in [0.25, 0.3) is 0 Å². The highest BCUT2D eigenvalue weighted by atomic mass is 16.6. The number of ether oxygens (including phenoxy) is 2. The van der Waals surface area contributed by atoms with E-state index in [0.29, 0.717) is 19.7 Å². The van der Waals surface area contributed by atoms with Gasteiger partial charge in [0.25, 0.3) is 0 Å². The van der Waals surface area contributed by atoms with Gasteiger partial charge in [0.15, 0.2) is 0 Å². The third-order valence-corrected chi connectivity index (χ3v) is 2.72. The predicted molar refractivity (Wildman–Crippen MR) is 68.5 cm³/mol. The highest BCUT2D eigenvalue weighted by molar-refractivity contribution is 5.68. The summed E-state index contributed by atoms with van der Waals surface area (Å²) in [7, 11) is 0. The fraction of sp³-hybridized carbons (Fsp3) is 0.923. The van der Waals surface area contributed by atoms with Crippen LogP contribution in [0.5, 0.6) is 0 Å². The van der Waals surface area contributed by atoms with E-state index in [4.69, 9.17) is 14.6 Å². The largest absolute Gasteiger partial charge is 0.444 e. The highest BCUT2D eigenvalue weighted by Crippen LogP contribution is 2.17. The summed E-state index contributed by atoms with van der Waals surface area (Å²) in [5.41, 5.74) is -0.467. The Morgan fingerprint density at radius 2 is 2.11 bits per heavy atom. The van der Waals surface area contributed by atoms with E-state index >= 15 is 0 Å². The van der Waals surface area contributed by atoms with Crippen molar-refractivity contribution in [2.75, 3.05) is 26.3 Å². The second kappa shape index (κ2) is 6.95. The summed E-state index contributed by atoms with van der Waals surface area (Å²) in [6, 6.07) is 0. The van der Waals surface area contributed by atoms with E-state index < -0.39 is 5.60 Å². The second-order valence-corrected chi connectivity index (χ2v) is 5.64. The summed E-state index contributed by atoms with van der Waals surface area (Å²) in [6.07, 6.45) is 2.67. The molecule has 1 amide bonds. The van der Waals surface area contributed by atoms with Crippen LogP contribution in [0.4, 0.5) is 4.79 Å². The average molecular weight is 259 g/mol. The maximum Gasteiger partial charge on any atom is 0.410 e. The number of aliphatic hydroxyl groups is 1. The second-order valence-electron chi connectivity index (χ2n) is 5.64.